The summed E-state index contributed by atoms with van der Waals surface area (Å²) in [5.74, 6) is 0. The monoisotopic (exact) mass is 184 g/mol. The first-order valence-corrected chi connectivity index (χ1v) is 4.94. The molecule has 2 nitrogen and oxygen atoms in total. The van der Waals surface area contributed by atoms with Crippen LogP contribution in [0.4, 0.5) is 0 Å². The van der Waals surface area contributed by atoms with Gasteiger partial charge in [0.1, 0.15) is 0 Å². The highest BCUT2D eigenvalue weighted by molar-refractivity contribution is 4.75. The van der Waals surface area contributed by atoms with Gasteiger partial charge in [-0.2, -0.15) is 0 Å². The average Bonchev–Trinajstić information content (AvgIpc) is 1.95. The molecule has 0 aliphatic carbocycles. The molecule has 2 heteroatoms. The van der Waals surface area contributed by atoms with Crippen LogP contribution in [0, 0.1) is 5.41 Å². The third kappa shape index (κ3) is 8.00. The molecule has 0 saturated heterocycles. The molecule has 0 fully saturated rings. The predicted octanol–water partition coefficient (Wildman–Crippen LogP) is 1.74. The molecule has 0 bridgehead atoms. The van der Waals surface area contributed by atoms with E-state index in [0.717, 1.165) is 26.1 Å². The van der Waals surface area contributed by atoms with Crippen molar-refractivity contribution in [1.29, 1.82) is 0 Å². The van der Waals surface area contributed by atoms with Crippen molar-refractivity contribution in [2.24, 2.45) is 5.41 Å². The Hall–Kier alpha value is -0.340. The standard InChI is InChI=1S/C11H24N2/c1-6-7-8-12-9-11(2,3)10-13(4)5/h6,12H,1,7-10H2,2-5H3. The van der Waals surface area contributed by atoms with Gasteiger partial charge in [0, 0.05) is 13.1 Å². The molecule has 0 aromatic rings. The molecule has 0 rings (SSSR count). The van der Waals surface area contributed by atoms with Gasteiger partial charge in [-0.3, -0.25) is 0 Å². The van der Waals surface area contributed by atoms with E-state index < -0.39 is 0 Å². The molecule has 1 N–H and O–H groups in total. The highest BCUT2D eigenvalue weighted by Crippen LogP contribution is 2.13. The van der Waals surface area contributed by atoms with Crippen LogP contribution in [0.25, 0.3) is 0 Å². The van der Waals surface area contributed by atoms with Crippen molar-refractivity contribution in [3.8, 4) is 0 Å². The van der Waals surface area contributed by atoms with E-state index in [1.165, 1.54) is 0 Å². The molecule has 0 aromatic carbocycles. The molecule has 0 amide bonds. The molecule has 0 aliphatic rings. The summed E-state index contributed by atoms with van der Waals surface area (Å²) in [5, 5.41) is 3.43. The fourth-order valence-electron chi connectivity index (χ4n) is 1.54. The molecule has 0 unspecified atom stereocenters. The zero-order valence-corrected chi connectivity index (χ0v) is 9.56. The highest BCUT2D eigenvalue weighted by atomic mass is 15.1. The maximum absolute atomic E-state index is 3.69. The second-order valence-electron chi connectivity index (χ2n) is 4.66. The largest absolute Gasteiger partial charge is 0.316 e. The number of rotatable bonds is 7. The molecule has 13 heavy (non-hydrogen) atoms. The summed E-state index contributed by atoms with van der Waals surface area (Å²) < 4.78 is 0. The lowest BCUT2D eigenvalue weighted by atomic mass is 9.93. The SMILES string of the molecule is C=CCCNCC(C)(C)CN(C)C. The van der Waals surface area contributed by atoms with Gasteiger partial charge >= 0.3 is 0 Å². The van der Waals surface area contributed by atoms with Crippen LogP contribution in [0.15, 0.2) is 12.7 Å². The molecule has 0 radical (unpaired) electrons. The molecule has 0 saturated carbocycles. The number of nitrogens with zero attached hydrogens (tertiary/aromatic N) is 1. The van der Waals surface area contributed by atoms with Gasteiger partial charge in [0.25, 0.3) is 0 Å². The van der Waals surface area contributed by atoms with Crippen LogP contribution in [0.3, 0.4) is 0 Å². The Morgan fingerprint density at radius 3 is 2.46 bits per heavy atom. The van der Waals surface area contributed by atoms with Crippen molar-refractivity contribution in [3.05, 3.63) is 12.7 Å². The second kappa shape index (κ2) is 6.17. The van der Waals surface area contributed by atoms with E-state index in [1.807, 2.05) is 6.08 Å². The lowest BCUT2D eigenvalue weighted by molar-refractivity contribution is 0.233. The van der Waals surface area contributed by atoms with Crippen LogP contribution in [0.2, 0.25) is 0 Å². The zero-order valence-electron chi connectivity index (χ0n) is 9.56. The summed E-state index contributed by atoms with van der Waals surface area (Å²) in [4.78, 5) is 2.23. The fraction of sp³-hybridized carbons (Fsp3) is 0.818. The Morgan fingerprint density at radius 2 is 2.00 bits per heavy atom. The summed E-state index contributed by atoms with van der Waals surface area (Å²) in [6, 6.07) is 0. The molecule has 0 aromatic heterocycles. The fourth-order valence-corrected chi connectivity index (χ4v) is 1.54. The molecule has 78 valence electrons. The molecule has 0 atom stereocenters. The molecular weight excluding hydrogens is 160 g/mol. The van der Waals surface area contributed by atoms with E-state index in [0.29, 0.717) is 5.41 Å². The Morgan fingerprint density at radius 1 is 1.38 bits per heavy atom. The summed E-state index contributed by atoms with van der Waals surface area (Å²) in [5.41, 5.74) is 0.352. The van der Waals surface area contributed by atoms with Gasteiger partial charge in [0.05, 0.1) is 0 Å². The Balaban J connectivity index is 3.56. The number of hydrogen-bond donors (Lipinski definition) is 1. The van der Waals surface area contributed by atoms with E-state index >= 15 is 0 Å². The normalized spacial score (nSPS) is 12.1. The first kappa shape index (κ1) is 12.7. The van der Waals surface area contributed by atoms with Crippen LogP contribution < -0.4 is 5.32 Å². The lowest BCUT2D eigenvalue weighted by Crippen LogP contribution is -2.37. The smallest absolute Gasteiger partial charge is 0.00387 e. The third-order valence-electron chi connectivity index (χ3n) is 1.87. The summed E-state index contributed by atoms with van der Waals surface area (Å²) in [7, 11) is 4.23. The van der Waals surface area contributed by atoms with Gasteiger partial charge in [0.2, 0.25) is 0 Å². The van der Waals surface area contributed by atoms with Gasteiger partial charge in [-0.25, -0.2) is 0 Å². The van der Waals surface area contributed by atoms with Gasteiger partial charge in [0.15, 0.2) is 0 Å². The van der Waals surface area contributed by atoms with Crippen molar-refractivity contribution in [2.75, 3.05) is 33.7 Å². The first-order chi connectivity index (χ1) is 5.98. The topological polar surface area (TPSA) is 15.3 Å². The lowest BCUT2D eigenvalue weighted by Gasteiger charge is -2.28. The molecule has 0 aliphatic heterocycles. The maximum atomic E-state index is 3.69. The highest BCUT2D eigenvalue weighted by Gasteiger charge is 2.17. The second-order valence-corrected chi connectivity index (χ2v) is 4.66. The van der Waals surface area contributed by atoms with Crippen molar-refractivity contribution >= 4 is 0 Å². The van der Waals surface area contributed by atoms with Gasteiger partial charge in [-0.15, -0.1) is 6.58 Å². The minimum atomic E-state index is 0.352. The predicted molar refractivity (Wildman–Crippen MR) is 60.0 cm³/mol. The van der Waals surface area contributed by atoms with Gasteiger partial charge in [-0.1, -0.05) is 19.9 Å². The minimum Gasteiger partial charge on any atom is -0.316 e. The van der Waals surface area contributed by atoms with Crippen LogP contribution >= 0.6 is 0 Å². The van der Waals surface area contributed by atoms with Crippen molar-refractivity contribution < 1.29 is 0 Å². The maximum Gasteiger partial charge on any atom is 0.00387 e. The molecule has 0 heterocycles. The average molecular weight is 184 g/mol. The molecular formula is C11H24N2. The van der Waals surface area contributed by atoms with Crippen LogP contribution in [0.1, 0.15) is 20.3 Å². The van der Waals surface area contributed by atoms with Crippen LogP contribution in [-0.4, -0.2) is 38.6 Å². The third-order valence-corrected chi connectivity index (χ3v) is 1.87. The Kier molecular flexibility index (Phi) is 6.00. The minimum absolute atomic E-state index is 0.352. The Bertz CT molecular complexity index is 139. The quantitative estimate of drug-likeness (QED) is 0.479. The van der Waals surface area contributed by atoms with Crippen LogP contribution in [0.5, 0.6) is 0 Å². The summed E-state index contributed by atoms with van der Waals surface area (Å²) >= 11 is 0. The first-order valence-electron chi connectivity index (χ1n) is 4.94. The van der Waals surface area contributed by atoms with E-state index in [-0.39, 0.29) is 0 Å². The van der Waals surface area contributed by atoms with Gasteiger partial charge < -0.3 is 10.2 Å². The van der Waals surface area contributed by atoms with E-state index in [2.05, 4.69) is 44.7 Å². The van der Waals surface area contributed by atoms with E-state index in [9.17, 15) is 0 Å². The summed E-state index contributed by atoms with van der Waals surface area (Å²) in [6.45, 7) is 11.5. The van der Waals surface area contributed by atoms with Gasteiger partial charge in [-0.05, 0) is 32.5 Å². The zero-order chi connectivity index (χ0) is 10.3. The van der Waals surface area contributed by atoms with Crippen LogP contribution in [-0.2, 0) is 0 Å². The van der Waals surface area contributed by atoms with Crippen molar-refractivity contribution in [3.63, 3.8) is 0 Å². The van der Waals surface area contributed by atoms with Crippen molar-refractivity contribution in [1.82, 2.24) is 10.2 Å². The summed E-state index contributed by atoms with van der Waals surface area (Å²) in [6.07, 6.45) is 3.00. The number of hydrogen-bond acceptors (Lipinski definition) is 2. The molecule has 0 spiro atoms. The number of nitrogens with one attached hydrogen (secondary N) is 1. The van der Waals surface area contributed by atoms with E-state index in [4.69, 9.17) is 0 Å². The van der Waals surface area contributed by atoms with E-state index in [1.54, 1.807) is 0 Å². The van der Waals surface area contributed by atoms with Crippen molar-refractivity contribution in [2.45, 2.75) is 20.3 Å². The Labute approximate surface area is 83.0 Å².